The van der Waals surface area contributed by atoms with Crippen molar-refractivity contribution < 1.29 is 38.4 Å². The fourth-order valence-corrected chi connectivity index (χ4v) is 4.17. The molecule has 3 fully saturated rings. The third-order valence-electron chi connectivity index (χ3n) is 5.36. The zero-order chi connectivity index (χ0) is 22.4. The molecule has 3 aliphatic heterocycles. The lowest BCUT2D eigenvalue weighted by atomic mass is 10.0. The second kappa shape index (κ2) is 7.72. The molecule has 4 unspecified atom stereocenters. The summed E-state index contributed by atoms with van der Waals surface area (Å²) in [6, 6.07) is 6.14. The molecule has 0 radical (unpaired) electrons. The Morgan fingerprint density at radius 3 is 2.45 bits per heavy atom. The van der Waals surface area contributed by atoms with Crippen LogP contribution in [-0.2, 0) is 34.9 Å². The van der Waals surface area contributed by atoms with E-state index in [-0.39, 0.29) is 19.1 Å². The van der Waals surface area contributed by atoms with Gasteiger partial charge in [-0.15, -0.1) is 0 Å². The second-order valence-corrected chi connectivity index (χ2v) is 8.88. The Morgan fingerprint density at radius 2 is 1.77 bits per heavy atom. The van der Waals surface area contributed by atoms with Crippen LogP contribution in [0.25, 0.3) is 0 Å². The van der Waals surface area contributed by atoms with Gasteiger partial charge in [0.15, 0.2) is 11.6 Å². The van der Waals surface area contributed by atoms with Crippen molar-refractivity contribution in [1.29, 1.82) is 0 Å². The molecule has 31 heavy (non-hydrogen) atoms. The van der Waals surface area contributed by atoms with Crippen molar-refractivity contribution in [3.8, 4) is 0 Å². The van der Waals surface area contributed by atoms with Crippen LogP contribution in [0.2, 0.25) is 0 Å². The SMILES string of the molecule is CC1(C)OCC2OC3(CNC(=O)Nc4ccc(CC(=O)O)cc4)OC(C)(C)OC3C2O1. The smallest absolute Gasteiger partial charge is 0.319 e. The van der Waals surface area contributed by atoms with Crippen molar-refractivity contribution in [3.63, 3.8) is 0 Å². The number of carboxylic acids is 1. The molecule has 3 N–H and O–H groups in total. The van der Waals surface area contributed by atoms with Crippen LogP contribution in [0.15, 0.2) is 24.3 Å². The predicted octanol–water partition coefficient (Wildman–Crippen LogP) is 1.83. The number of hydrogen-bond acceptors (Lipinski definition) is 7. The van der Waals surface area contributed by atoms with Gasteiger partial charge in [0.05, 0.1) is 19.6 Å². The highest BCUT2D eigenvalue weighted by molar-refractivity contribution is 5.89. The predicted molar refractivity (Wildman–Crippen MR) is 107 cm³/mol. The Kier molecular flexibility index (Phi) is 5.47. The van der Waals surface area contributed by atoms with Crippen molar-refractivity contribution in [2.75, 3.05) is 18.5 Å². The number of benzene rings is 1. The molecule has 3 saturated heterocycles. The van der Waals surface area contributed by atoms with Crippen LogP contribution in [0, 0.1) is 0 Å². The molecule has 2 amide bonds. The van der Waals surface area contributed by atoms with Crippen molar-refractivity contribution in [1.82, 2.24) is 5.32 Å². The van der Waals surface area contributed by atoms with E-state index in [1.165, 1.54) is 0 Å². The fourth-order valence-electron chi connectivity index (χ4n) is 4.17. The average Bonchev–Trinajstić information content (AvgIpc) is 3.08. The third kappa shape index (κ3) is 4.68. The molecule has 0 bridgehead atoms. The molecule has 170 valence electrons. The Morgan fingerprint density at radius 1 is 1.06 bits per heavy atom. The van der Waals surface area contributed by atoms with Gasteiger partial charge in [-0.2, -0.15) is 0 Å². The molecule has 3 aliphatic rings. The lowest BCUT2D eigenvalue weighted by Gasteiger charge is -2.38. The first kappa shape index (κ1) is 22.0. The van der Waals surface area contributed by atoms with Gasteiger partial charge in [0, 0.05) is 5.69 Å². The van der Waals surface area contributed by atoms with Gasteiger partial charge in [-0.05, 0) is 45.4 Å². The molecule has 0 spiro atoms. The molecule has 3 heterocycles. The van der Waals surface area contributed by atoms with E-state index >= 15 is 0 Å². The molecule has 0 aromatic heterocycles. The molecular formula is C21H28N2O8. The molecule has 10 nitrogen and oxygen atoms in total. The highest BCUT2D eigenvalue weighted by atomic mass is 16.9. The number of hydrogen-bond donors (Lipinski definition) is 3. The first-order chi connectivity index (χ1) is 14.5. The molecule has 4 atom stereocenters. The first-order valence-electron chi connectivity index (χ1n) is 10.2. The number of carboxylic acid groups (broad SMARTS) is 1. The topological polar surface area (TPSA) is 125 Å². The number of carbonyl (C=O) groups excluding carboxylic acids is 1. The zero-order valence-electron chi connectivity index (χ0n) is 18.0. The molecule has 1 aromatic rings. The summed E-state index contributed by atoms with van der Waals surface area (Å²) in [5.41, 5.74) is 1.18. The quantitative estimate of drug-likeness (QED) is 0.639. The first-order valence-corrected chi connectivity index (χ1v) is 10.2. The highest BCUT2D eigenvalue weighted by Crippen LogP contribution is 2.48. The van der Waals surface area contributed by atoms with E-state index in [9.17, 15) is 9.59 Å². The maximum Gasteiger partial charge on any atom is 0.319 e. The van der Waals surface area contributed by atoms with Crippen LogP contribution in [0.1, 0.15) is 33.3 Å². The van der Waals surface area contributed by atoms with E-state index in [1.807, 2.05) is 13.8 Å². The van der Waals surface area contributed by atoms with Gasteiger partial charge in [0.2, 0.25) is 5.79 Å². The summed E-state index contributed by atoms with van der Waals surface area (Å²) in [4.78, 5) is 23.2. The Labute approximate surface area is 180 Å². The van der Waals surface area contributed by atoms with Crippen LogP contribution in [0.5, 0.6) is 0 Å². The van der Waals surface area contributed by atoms with Crippen LogP contribution in [0.4, 0.5) is 10.5 Å². The van der Waals surface area contributed by atoms with Crippen LogP contribution >= 0.6 is 0 Å². The van der Waals surface area contributed by atoms with Gasteiger partial charge >= 0.3 is 12.0 Å². The standard InChI is InChI=1S/C21H28N2O8/c1-19(2)27-10-14-16(29-19)17-21(28-14,31-20(3,4)30-17)11-22-18(26)23-13-7-5-12(6-8-13)9-15(24)25/h5-8,14,16-17H,9-11H2,1-4H3,(H,24,25)(H2,22,23,26). The number of urea groups is 1. The van der Waals surface area contributed by atoms with Gasteiger partial charge in [-0.25, -0.2) is 4.79 Å². The lowest BCUT2D eigenvalue weighted by molar-refractivity contribution is -0.327. The highest BCUT2D eigenvalue weighted by Gasteiger charge is 2.67. The maximum atomic E-state index is 12.5. The Hall–Kier alpha value is -2.24. The van der Waals surface area contributed by atoms with E-state index in [0.29, 0.717) is 17.9 Å². The lowest BCUT2D eigenvalue weighted by Crippen LogP contribution is -2.53. The summed E-state index contributed by atoms with van der Waals surface area (Å²) in [5.74, 6) is -3.79. The number of aliphatic carboxylic acids is 1. The number of amides is 2. The monoisotopic (exact) mass is 436 g/mol. The molecule has 0 aliphatic carbocycles. The van der Waals surface area contributed by atoms with E-state index in [4.69, 9.17) is 28.8 Å². The summed E-state index contributed by atoms with van der Waals surface area (Å²) in [5, 5.41) is 14.3. The molecule has 0 saturated carbocycles. The normalized spacial score (nSPS) is 32.7. The van der Waals surface area contributed by atoms with Gasteiger partial charge in [-0.1, -0.05) is 12.1 Å². The molecule has 1 aromatic carbocycles. The number of anilines is 1. The average molecular weight is 436 g/mol. The number of nitrogens with one attached hydrogen (secondary N) is 2. The zero-order valence-corrected chi connectivity index (χ0v) is 18.0. The van der Waals surface area contributed by atoms with Crippen molar-refractivity contribution in [3.05, 3.63) is 29.8 Å². The van der Waals surface area contributed by atoms with Crippen LogP contribution in [-0.4, -0.2) is 65.9 Å². The molecule has 4 rings (SSSR count). The van der Waals surface area contributed by atoms with Crippen molar-refractivity contribution >= 4 is 17.7 Å². The van der Waals surface area contributed by atoms with E-state index in [2.05, 4.69) is 10.6 Å². The largest absolute Gasteiger partial charge is 0.481 e. The minimum Gasteiger partial charge on any atom is -0.481 e. The third-order valence-corrected chi connectivity index (χ3v) is 5.36. The summed E-state index contributed by atoms with van der Waals surface area (Å²) in [6.45, 7) is 7.61. The van der Waals surface area contributed by atoms with Gasteiger partial charge in [0.25, 0.3) is 0 Å². The minimum atomic E-state index is -1.20. The van der Waals surface area contributed by atoms with Crippen molar-refractivity contribution in [2.24, 2.45) is 0 Å². The van der Waals surface area contributed by atoms with Crippen molar-refractivity contribution in [2.45, 2.75) is 69.8 Å². The number of rotatable bonds is 5. The van der Waals surface area contributed by atoms with Gasteiger partial charge in [-0.3, -0.25) is 4.79 Å². The number of ether oxygens (including phenoxy) is 5. The maximum absolute atomic E-state index is 12.5. The van der Waals surface area contributed by atoms with Gasteiger partial charge in [0.1, 0.15) is 18.3 Å². The van der Waals surface area contributed by atoms with Crippen LogP contribution < -0.4 is 10.6 Å². The number of carbonyl (C=O) groups is 2. The van der Waals surface area contributed by atoms with E-state index < -0.39 is 41.6 Å². The number of fused-ring (bicyclic) bond motifs is 3. The van der Waals surface area contributed by atoms with Gasteiger partial charge < -0.3 is 39.4 Å². The summed E-state index contributed by atoms with van der Waals surface area (Å²) in [7, 11) is 0. The summed E-state index contributed by atoms with van der Waals surface area (Å²) < 4.78 is 30.1. The second-order valence-electron chi connectivity index (χ2n) is 8.88. The Balaban J connectivity index is 1.40. The fraction of sp³-hybridized carbons (Fsp3) is 0.619. The Bertz CT molecular complexity index is 855. The summed E-state index contributed by atoms with van der Waals surface area (Å²) >= 11 is 0. The molecule has 10 heteroatoms. The van der Waals surface area contributed by atoms with Crippen LogP contribution in [0.3, 0.4) is 0 Å². The minimum absolute atomic E-state index is 0.0425. The van der Waals surface area contributed by atoms with E-state index in [1.54, 1.807) is 38.1 Å². The van der Waals surface area contributed by atoms with E-state index in [0.717, 1.165) is 0 Å². The summed E-state index contributed by atoms with van der Waals surface area (Å²) in [6.07, 6.45) is -1.38. The molecular weight excluding hydrogens is 408 g/mol.